The molecule has 1 fully saturated rings. The fourth-order valence-electron chi connectivity index (χ4n) is 3.31. The van der Waals surface area contributed by atoms with E-state index < -0.39 is 0 Å². The molecule has 3 atom stereocenters. The van der Waals surface area contributed by atoms with Gasteiger partial charge in [0.15, 0.2) is 0 Å². The lowest BCUT2D eigenvalue weighted by Gasteiger charge is -2.17. The first kappa shape index (κ1) is 25.5. The van der Waals surface area contributed by atoms with E-state index in [1.54, 1.807) is 5.56 Å². The maximum Gasteiger partial charge on any atom is -0.0134 e. The Bertz CT molecular complexity index is 366. The molecule has 0 heterocycles. The number of benzene rings is 1. The summed E-state index contributed by atoms with van der Waals surface area (Å²) in [4.78, 5) is 0. The molecule has 1 aromatic carbocycles. The van der Waals surface area contributed by atoms with Gasteiger partial charge in [0.25, 0.3) is 0 Å². The van der Waals surface area contributed by atoms with Crippen molar-refractivity contribution in [2.24, 2.45) is 11.8 Å². The highest BCUT2D eigenvalue weighted by Gasteiger charge is 2.25. The van der Waals surface area contributed by atoms with E-state index in [4.69, 9.17) is 0 Å². The monoisotopic (exact) mass is 334 g/mol. The lowest BCUT2D eigenvalue weighted by molar-refractivity contribution is 0.509. The van der Waals surface area contributed by atoms with E-state index in [0.717, 1.165) is 17.8 Å². The van der Waals surface area contributed by atoms with Crippen LogP contribution in [-0.4, -0.2) is 0 Å². The van der Waals surface area contributed by atoms with Gasteiger partial charge in [-0.25, -0.2) is 0 Å². The van der Waals surface area contributed by atoms with Crippen molar-refractivity contribution in [2.75, 3.05) is 0 Å². The maximum atomic E-state index is 2.39. The summed E-state index contributed by atoms with van der Waals surface area (Å²) < 4.78 is 0. The summed E-state index contributed by atoms with van der Waals surface area (Å²) >= 11 is 0. The SMILES string of the molecule is CC.CC.CCCC(C)CC.Cc1ccccc1C1CCCC1C. The van der Waals surface area contributed by atoms with Crippen molar-refractivity contribution < 1.29 is 0 Å². The maximum absolute atomic E-state index is 2.39. The first-order valence-electron chi connectivity index (χ1n) is 10.7. The Balaban J connectivity index is 0. The van der Waals surface area contributed by atoms with E-state index in [1.807, 2.05) is 27.7 Å². The highest BCUT2D eigenvalue weighted by Crippen LogP contribution is 2.40. The summed E-state index contributed by atoms with van der Waals surface area (Å²) in [5.41, 5.74) is 3.06. The molecule has 0 N–H and O–H groups in total. The average molecular weight is 335 g/mol. The van der Waals surface area contributed by atoms with Crippen molar-refractivity contribution in [1.29, 1.82) is 0 Å². The molecule has 1 aliphatic rings. The fourth-order valence-corrected chi connectivity index (χ4v) is 3.31. The van der Waals surface area contributed by atoms with Gasteiger partial charge in [-0.1, -0.05) is 112 Å². The first-order valence-corrected chi connectivity index (χ1v) is 10.7. The van der Waals surface area contributed by atoms with Crippen molar-refractivity contribution in [3.8, 4) is 0 Å². The Morgan fingerprint density at radius 2 is 1.58 bits per heavy atom. The molecule has 0 heteroatoms. The van der Waals surface area contributed by atoms with Crippen LogP contribution >= 0.6 is 0 Å². The van der Waals surface area contributed by atoms with Gasteiger partial charge in [-0.05, 0) is 42.2 Å². The molecule has 0 nitrogen and oxygen atoms in total. The number of rotatable bonds is 4. The van der Waals surface area contributed by atoms with E-state index in [2.05, 4.69) is 58.9 Å². The molecule has 0 radical (unpaired) electrons. The van der Waals surface area contributed by atoms with E-state index >= 15 is 0 Å². The Morgan fingerprint density at radius 3 is 1.96 bits per heavy atom. The smallest absolute Gasteiger partial charge is 0.0134 e. The average Bonchev–Trinajstić information content (AvgIpc) is 3.05. The van der Waals surface area contributed by atoms with Gasteiger partial charge in [0.2, 0.25) is 0 Å². The van der Waals surface area contributed by atoms with E-state index in [0.29, 0.717) is 0 Å². The largest absolute Gasteiger partial charge is 0.0683 e. The molecule has 3 unspecified atom stereocenters. The van der Waals surface area contributed by atoms with Gasteiger partial charge in [-0.2, -0.15) is 0 Å². The van der Waals surface area contributed by atoms with Crippen molar-refractivity contribution in [3.63, 3.8) is 0 Å². The minimum Gasteiger partial charge on any atom is -0.0683 e. The van der Waals surface area contributed by atoms with Crippen LogP contribution in [0.5, 0.6) is 0 Å². The van der Waals surface area contributed by atoms with E-state index in [9.17, 15) is 0 Å². The third-order valence-corrected chi connectivity index (χ3v) is 4.93. The van der Waals surface area contributed by atoms with Crippen LogP contribution in [0.3, 0.4) is 0 Å². The second-order valence-electron chi connectivity index (χ2n) is 6.67. The molecule has 2 rings (SSSR count). The summed E-state index contributed by atoms with van der Waals surface area (Å²) in [6.07, 6.45) is 8.31. The molecular formula is C24H46. The second kappa shape index (κ2) is 17.1. The summed E-state index contributed by atoms with van der Waals surface area (Å²) in [6.45, 7) is 19.4. The Labute approximate surface area is 154 Å². The zero-order chi connectivity index (χ0) is 19.0. The molecule has 0 spiro atoms. The van der Waals surface area contributed by atoms with E-state index in [1.165, 1.54) is 44.1 Å². The number of aryl methyl sites for hydroxylation is 1. The van der Waals surface area contributed by atoms with Crippen LogP contribution < -0.4 is 0 Å². The molecule has 0 aliphatic heterocycles. The zero-order valence-corrected chi connectivity index (χ0v) is 18.3. The zero-order valence-electron chi connectivity index (χ0n) is 18.3. The van der Waals surface area contributed by atoms with E-state index in [-0.39, 0.29) is 0 Å². The van der Waals surface area contributed by atoms with Crippen LogP contribution in [0, 0.1) is 18.8 Å². The molecule has 0 aromatic heterocycles. The molecule has 1 aliphatic carbocycles. The molecular weight excluding hydrogens is 288 g/mol. The third-order valence-electron chi connectivity index (χ3n) is 4.93. The first-order chi connectivity index (χ1) is 11.6. The van der Waals surface area contributed by atoms with Crippen LogP contribution in [0.4, 0.5) is 0 Å². The molecule has 142 valence electrons. The van der Waals surface area contributed by atoms with Crippen molar-refractivity contribution >= 4 is 0 Å². The topological polar surface area (TPSA) is 0 Å². The molecule has 0 saturated heterocycles. The predicted octanol–water partition coefficient (Wildman–Crippen LogP) is 8.78. The van der Waals surface area contributed by atoms with Crippen molar-refractivity contribution in [1.82, 2.24) is 0 Å². The number of hydrogen-bond donors (Lipinski definition) is 0. The minimum absolute atomic E-state index is 0.834. The van der Waals surface area contributed by atoms with Gasteiger partial charge in [0.05, 0.1) is 0 Å². The summed E-state index contributed by atoms with van der Waals surface area (Å²) in [5.74, 6) is 2.67. The minimum atomic E-state index is 0.834. The van der Waals surface area contributed by atoms with Gasteiger partial charge >= 0.3 is 0 Å². The van der Waals surface area contributed by atoms with Crippen LogP contribution in [0.25, 0.3) is 0 Å². The summed E-state index contributed by atoms with van der Waals surface area (Å²) in [6, 6.07) is 8.86. The van der Waals surface area contributed by atoms with Crippen LogP contribution in [0.15, 0.2) is 24.3 Å². The Kier molecular flexibility index (Phi) is 18.1. The third kappa shape index (κ3) is 10.2. The second-order valence-corrected chi connectivity index (χ2v) is 6.67. The van der Waals surface area contributed by atoms with Gasteiger partial charge < -0.3 is 0 Å². The fraction of sp³-hybridized carbons (Fsp3) is 0.750. The lowest BCUT2D eigenvalue weighted by atomic mass is 9.88. The quantitative estimate of drug-likeness (QED) is 0.516. The lowest BCUT2D eigenvalue weighted by Crippen LogP contribution is -2.03. The van der Waals surface area contributed by atoms with Crippen LogP contribution in [0.1, 0.15) is 111 Å². The van der Waals surface area contributed by atoms with Gasteiger partial charge in [0, 0.05) is 0 Å². The normalized spacial score (nSPS) is 19.7. The van der Waals surface area contributed by atoms with Crippen molar-refractivity contribution in [2.45, 2.75) is 107 Å². The van der Waals surface area contributed by atoms with Gasteiger partial charge in [-0.3, -0.25) is 0 Å². The molecule has 1 aromatic rings. The number of hydrogen-bond acceptors (Lipinski definition) is 0. The highest BCUT2D eigenvalue weighted by atomic mass is 14.3. The predicted molar refractivity (Wildman–Crippen MR) is 114 cm³/mol. The van der Waals surface area contributed by atoms with Gasteiger partial charge in [0.1, 0.15) is 0 Å². The highest BCUT2D eigenvalue weighted by molar-refractivity contribution is 5.30. The standard InChI is InChI=1S/C13H18.C7H16.2C2H6/c1-10-6-3-4-8-12(10)13-9-5-7-11(13)2;1-4-6-7(3)5-2;2*1-2/h3-4,6,8,11,13H,5,7,9H2,1-2H3;7H,4-6H2,1-3H3;2*1-2H3. The molecule has 0 bridgehead atoms. The molecule has 24 heavy (non-hydrogen) atoms. The Hall–Kier alpha value is -0.780. The van der Waals surface area contributed by atoms with Gasteiger partial charge in [-0.15, -0.1) is 0 Å². The van der Waals surface area contributed by atoms with Crippen molar-refractivity contribution in [3.05, 3.63) is 35.4 Å². The summed E-state index contributed by atoms with van der Waals surface area (Å²) in [7, 11) is 0. The molecule has 0 amide bonds. The Morgan fingerprint density at radius 1 is 1.00 bits per heavy atom. The van der Waals surface area contributed by atoms with Crippen LogP contribution in [-0.2, 0) is 0 Å². The molecule has 1 saturated carbocycles. The van der Waals surface area contributed by atoms with Crippen LogP contribution in [0.2, 0.25) is 0 Å². The summed E-state index contributed by atoms with van der Waals surface area (Å²) in [5, 5.41) is 0.